The van der Waals surface area contributed by atoms with E-state index in [0.29, 0.717) is 5.75 Å². The van der Waals surface area contributed by atoms with E-state index in [-0.39, 0.29) is 23.8 Å². The largest absolute Gasteiger partial charge is 0.497 e. The summed E-state index contributed by atoms with van der Waals surface area (Å²) in [6.07, 6.45) is 2.00. The van der Waals surface area contributed by atoms with Crippen molar-refractivity contribution in [3.8, 4) is 5.75 Å². The Bertz CT molecular complexity index is 933. The second-order valence-corrected chi connectivity index (χ2v) is 9.03. The number of sulfonamides is 1. The van der Waals surface area contributed by atoms with Gasteiger partial charge in [-0.25, -0.2) is 8.42 Å². The van der Waals surface area contributed by atoms with Crippen LogP contribution in [0, 0.1) is 0 Å². The van der Waals surface area contributed by atoms with Crippen molar-refractivity contribution in [2.24, 2.45) is 0 Å². The van der Waals surface area contributed by atoms with Gasteiger partial charge in [-0.3, -0.25) is 4.79 Å². The van der Waals surface area contributed by atoms with Gasteiger partial charge < -0.3 is 9.47 Å². The Labute approximate surface area is 163 Å². The minimum Gasteiger partial charge on any atom is -0.497 e. The van der Waals surface area contributed by atoms with Crippen LogP contribution < -0.4 is 4.74 Å². The van der Waals surface area contributed by atoms with Crippen LogP contribution in [0.3, 0.4) is 0 Å². The molecule has 2 aromatic rings. The SMILES string of the molecule is C=C[C@@H]1CN(S(=O)(=O)c2ccc(OC)cc2)[C@H](C(=O)OC)Cc2sccc21. The van der Waals surface area contributed by atoms with Crippen molar-refractivity contribution in [3.05, 3.63) is 58.8 Å². The normalized spacial score (nSPS) is 20.4. The molecule has 0 spiro atoms. The Morgan fingerprint density at radius 2 is 1.96 bits per heavy atom. The molecule has 0 saturated heterocycles. The van der Waals surface area contributed by atoms with Crippen molar-refractivity contribution in [3.63, 3.8) is 0 Å². The van der Waals surface area contributed by atoms with Gasteiger partial charge in [-0.15, -0.1) is 17.9 Å². The summed E-state index contributed by atoms with van der Waals surface area (Å²) in [5.74, 6) is -0.217. The molecule has 0 unspecified atom stereocenters. The fraction of sp³-hybridized carbons (Fsp3) is 0.316. The lowest BCUT2D eigenvalue weighted by molar-refractivity contribution is -0.145. The van der Waals surface area contributed by atoms with Crippen LogP contribution in [-0.2, 0) is 26.0 Å². The van der Waals surface area contributed by atoms with E-state index in [1.54, 1.807) is 18.2 Å². The molecule has 1 aliphatic rings. The first-order valence-corrected chi connectivity index (χ1v) is 10.7. The van der Waals surface area contributed by atoms with Crippen LogP contribution in [0.4, 0.5) is 0 Å². The summed E-state index contributed by atoms with van der Waals surface area (Å²) in [6, 6.07) is 7.16. The average Bonchev–Trinajstić information content (AvgIpc) is 3.08. The molecule has 0 bridgehead atoms. The van der Waals surface area contributed by atoms with E-state index in [0.717, 1.165) is 10.4 Å². The lowest BCUT2D eigenvalue weighted by Crippen LogP contribution is -2.47. The zero-order chi connectivity index (χ0) is 19.6. The molecule has 6 nitrogen and oxygen atoms in total. The molecular formula is C19H21NO5S2. The van der Waals surface area contributed by atoms with Gasteiger partial charge in [0.05, 0.1) is 19.1 Å². The topological polar surface area (TPSA) is 72.9 Å². The number of hydrogen-bond donors (Lipinski definition) is 0. The minimum absolute atomic E-state index is 0.102. The van der Waals surface area contributed by atoms with Gasteiger partial charge in [-0.1, -0.05) is 6.08 Å². The molecule has 8 heteroatoms. The van der Waals surface area contributed by atoms with Crippen LogP contribution in [0.25, 0.3) is 0 Å². The number of fused-ring (bicyclic) bond motifs is 1. The third kappa shape index (κ3) is 3.65. The molecule has 2 heterocycles. The van der Waals surface area contributed by atoms with Crippen molar-refractivity contribution >= 4 is 27.3 Å². The van der Waals surface area contributed by atoms with E-state index in [2.05, 4.69) is 6.58 Å². The second kappa shape index (κ2) is 7.84. The number of esters is 1. The van der Waals surface area contributed by atoms with E-state index in [4.69, 9.17) is 9.47 Å². The molecule has 0 fully saturated rings. The van der Waals surface area contributed by atoms with E-state index in [1.165, 1.54) is 42.0 Å². The molecule has 0 aliphatic carbocycles. The van der Waals surface area contributed by atoms with Crippen LogP contribution in [0.1, 0.15) is 16.4 Å². The number of rotatable bonds is 5. The molecule has 1 aromatic carbocycles. The van der Waals surface area contributed by atoms with Crippen molar-refractivity contribution in [1.29, 1.82) is 0 Å². The molecule has 3 rings (SSSR count). The molecule has 1 aromatic heterocycles. The van der Waals surface area contributed by atoms with Gasteiger partial charge in [0, 0.05) is 23.8 Å². The second-order valence-electron chi connectivity index (χ2n) is 6.13. The summed E-state index contributed by atoms with van der Waals surface area (Å²) in [7, 11) is -1.14. The maximum Gasteiger partial charge on any atom is 0.324 e. The zero-order valence-electron chi connectivity index (χ0n) is 15.1. The minimum atomic E-state index is -3.92. The van der Waals surface area contributed by atoms with Crippen LogP contribution >= 0.6 is 11.3 Å². The van der Waals surface area contributed by atoms with E-state index < -0.39 is 22.0 Å². The highest BCUT2D eigenvalue weighted by molar-refractivity contribution is 7.89. The molecule has 0 N–H and O–H groups in total. The van der Waals surface area contributed by atoms with E-state index in [9.17, 15) is 13.2 Å². The van der Waals surface area contributed by atoms with Crippen molar-refractivity contribution in [1.82, 2.24) is 4.31 Å². The van der Waals surface area contributed by atoms with Gasteiger partial charge in [0.15, 0.2) is 0 Å². The van der Waals surface area contributed by atoms with E-state index in [1.807, 2.05) is 11.4 Å². The standard InChI is InChI=1S/C19H21NO5S2/c1-4-13-12-20(27(22,23)15-7-5-14(24-2)6-8-15)17(19(21)25-3)11-18-16(13)9-10-26-18/h4-10,13,17H,1,11-12H2,2-3H3/t13-,17+/m1/s1. The highest BCUT2D eigenvalue weighted by Gasteiger charge is 2.41. The fourth-order valence-electron chi connectivity index (χ4n) is 3.23. The number of thiophene rings is 1. The monoisotopic (exact) mass is 407 g/mol. The van der Waals surface area contributed by atoms with Crippen LogP contribution in [0.2, 0.25) is 0 Å². The maximum atomic E-state index is 13.4. The Kier molecular flexibility index (Phi) is 5.69. The summed E-state index contributed by atoms with van der Waals surface area (Å²) in [5, 5.41) is 1.95. The van der Waals surface area contributed by atoms with Gasteiger partial charge in [0.25, 0.3) is 0 Å². The molecular weight excluding hydrogens is 386 g/mol. The molecule has 1 aliphatic heterocycles. The molecule has 27 heavy (non-hydrogen) atoms. The van der Waals surface area contributed by atoms with Crippen LogP contribution in [0.15, 0.2) is 53.3 Å². The van der Waals surface area contributed by atoms with Gasteiger partial charge in [0.1, 0.15) is 11.8 Å². The zero-order valence-corrected chi connectivity index (χ0v) is 16.8. The van der Waals surface area contributed by atoms with Crippen molar-refractivity contribution in [2.45, 2.75) is 23.3 Å². The Balaban J connectivity index is 2.07. The first-order chi connectivity index (χ1) is 12.9. The third-order valence-electron chi connectivity index (χ3n) is 4.71. The number of carbonyl (C=O) groups excluding carboxylic acids is 1. The van der Waals surface area contributed by atoms with Crippen LogP contribution in [0.5, 0.6) is 5.75 Å². The van der Waals surface area contributed by atoms with E-state index >= 15 is 0 Å². The van der Waals surface area contributed by atoms with Crippen molar-refractivity contribution < 1.29 is 22.7 Å². The predicted molar refractivity (Wildman–Crippen MR) is 104 cm³/mol. The Hall–Kier alpha value is -2.16. The summed E-state index contributed by atoms with van der Waals surface area (Å²) in [4.78, 5) is 13.5. The number of nitrogens with zero attached hydrogens (tertiary/aromatic N) is 1. The first-order valence-electron chi connectivity index (χ1n) is 8.35. The number of carbonyl (C=O) groups is 1. The summed E-state index contributed by atoms with van der Waals surface area (Å²) >= 11 is 1.51. The average molecular weight is 408 g/mol. The molecule has 0 saturated carbocycles. The quantitative estimate of drug-likeness (QED) is 0.563. The van der Waals surface area contributed by atoms with Gasteiger partial charge >= 0.3 is 5.97 Å². The smallest absolute Gasteiger partial charge is 0.324 e. The highest BCUT2D eigenvalue weighted by atomic mass is 32.2. The third-order valence-corrected chi connectivity index (χ3v) is 7.55. The number of benzene rings is 1. The molecule has 0 amide bonds. The Morgan fingerprint density at radius 3 is 2.56 bits per heavy atom. The fourth-order valence-corrected chi connectivity index (χ4v) is 5.82. The number of methoxy groups -OCH3 is 2. The van der Waals surface area contributed by atoms with Gasteiger partial charge in [-0.2, -0.15) is 4.31 Å². The lowest BCUT2D eigenvalue weighted by Gasteiger charge is -2.28. The van der Waals surface area contributed by atoms with Gasteiger partial charge in [-0.05, 0) is 41.3 Å². The predicted octanol–water partition coefficient (Wildman–Crippen LogP) is 2.81. The highest BCUT2D eigenvalue weighted by Crippen LogP contribution is 2.35. The summed E-state index contributed by atoms with van der Waals surface area (Å²) in [6.45, 7) is 3.98. The molecule has 2 atom stereocenters. The summed E-state index contributed by atoms with van der Waals surface area (Å²) < 4.78 is 38.0. The summed E-state index contributed by atoms with van der Waals surface area (Å²) in [5.41, 5.74) is 1.01. The molecule has 0 radical (unpaired) electrons. The van der Waals surface area contributed by atoms with Gasteiger partial charge in [0.2, 0.25) is 10.0 Å². The Morgan fingerprint density at radius 1 is 1.26 bits per heavy atom. The van der Waals surface area contributed by atoms with Crippen molar-refractivity contribution in [2.75, 3.05) is 20.8 Å². The van der Waals surface area contributed by atoms with Crippen LogP contribution in [-0.4, -0.2) is 45.5 Å². The number of ether oxygens (including phenoxy) is 2. The number of hydrogen-bond acceptors (Lipinski definition) is 6. The maximum absolute atomic E-state index is 13.4. The lowest BCUT2D eigenvalue weighted by atomic mass is 10.0. The molecule has 144 valence electrons. The first kappa shape index (κ1) is 19.6.